The summed E-state index contributed by atoms with van der Waals surface area (Å²) < 4.78 is 22.8. The van der Waals surface area contributed by atoms with E-state index in [9.17, 15) is 4.79 Å². The van der Waals surface area contributed by atoms with Crippen LogP contribution < -0.4 is 14.2 Å². The molecule has 30 heavy (non-hydrogen) atoms. The number of furan rings is 1. The van der Waals surface area contributed by atoms with E-state index in [2.05, 4.69) is 4.98 Å². The summed E-state index contributed by atoms with van der Waals surface area (Å²) in [7, 11) is 4.53. The number of fused-ring (bicyclic) bond motifs is 1. The minimum atomic E-state index is -0.216. The predicted octanol–water partition coefficient (Wildman–Crippen LogP) is 5.48. The van der Waals surface area contributed by atoms with Gasteiger partial charge in [-0.05, 0) is 48.6 Å². The lowest BCUT2D eigenvalue weighted by molar-refractivity contribution is 0.104. The molecule has 0 radical (unpaired) electrons. The molecule has 0 amide bonds. The van der Waals surface area contributed by atoms with Gasteiger partial charge in [-0.15, -0.1) is 11.3 Å². The fraction of sp³-hybridized carbons (Fsp3) is 0.130. The summed E-state index contributed by atoms with van der Waals surface area (Å²) in [4.78, 5) is 17.2. The van der Waals surface area contributed by atoms with Gasteiger partial charge in [0.1, 0.15) is 5.76 Å². The number of carbonyl (C=O) groups excluding carboxylic acids is 1. The first-order valence-corrected chi connectivity index (χ1v) is 9.92. The molecule has 0 aliphatic carbocycles. The van der Waals surface area contributed by atoms with E-state index >= 15 is 0 Å². The first kappa shape index (κ1) is 19.7. The van der Waals surface area contributed by atoms with E-state index in [1.165, 1.54) is 27.4 Å². The molecule has 0 bridgehead atoms. The number of thiazole rings is 1. The minimum absolute atomic E-state index is 0.216. The van der Waals surface area contributed by atoms with Gasteiger partial charge in [0.25, 0.3) is 0 Å². The van der Waals surface area contributed by atoms with Crippen LogP contribution >= 0.6 is 11.3 Å². The second-order valence-electron chi connectivity index (χ2n) is 6.30. The van der Waals surface area contributed by atoms with Crippen LogP contribution in [0.2, 0.25) is 0 Å². The van der Waals surface area contributed by atoms with E-state index in [1.54, 1.807) is 35.6 Å². The Morgan fingerprint density at radius 3 is 2.40 bits per heavy atom. The van der Waals surface area contributed by atoms with Gasteiger partial charge in [-0.3, -0.25) is 4.79 Å². The van der Waals surface area contributed by atoms with Gasteiger partial charge < -0.3 is 18.6 Å². The van der Waals surface area contributed by atoms with Crippen LogP contribution in [0.4, 0.5) is 0 Å². The Morgan fingerprint density at radius 1 is 1.00 bits per heavy atom. The van der Waals surface area contributed by atoms with E-state index in [0.717, 1.165) is 15.2 Å². The zero-order valence-electron chi connectivity index (χ0n) is 16.7. The molecule has 152 valence electrons. The van der Waals surface area contributed by atoms with Gasteiger partial charge in [0.2, 0.25) is 5.75 Å². The highest BCUT2D eigenvalue weighted by Gasteiger charge is 2.16. The molecule has 0 atom stereocenters. The fourth-order valence-corrected chi connectivity index (χ4v) is 3.94. The molecule has 0 unspecified atom stereocenters. The van der Waals surface area contributed by atoms with Gasteiger partial charge in [0.15, 0.2) is 28.1 Å². The quantitative estimate of drug-likeness (QED) is 0.291. The standard InChI is InChI=1S/C23H19NO5S/c1-26-19-12-14(13-20(27-2)22(19)28-3)17(25)10-8-15-9-11-18(29-15)23-24-16-6-4-5-7-21(16)30-23/h4-13H,1-3H3/b10-8+. The lowest BCUT2D eigenvalue weighted by atomic mass is 10.1. The highest BCUT2D eigenvalue weighted by atomic mass is 32.1. The van der Waals surface area contributed by atoms with Crippen molar-refractivity contribution in [3.63, 3.8) is 0 Å². The molecule has 0 spiro atoms. The van der Waals surface area contributed by atoms with Crippen LogP contribution in [-0.2, 0) is 0 Å². The van der Waals surface area contributed by atoms with Crippen LogP contribution in [-0.4, -0.2) is 32.1 Å². The lowest BCUT2D eigenvalue weighted by Gasteiger charge is -2.13. The fourth-order valence-electron chi connectivity index (χ4n) is 3.01. The molecule has 0 N–H and O–H groups in total. The maximum Gasteiger partial charge on any atom is 0.203 e. The zero-order chi connectivity index (χ0) is 21.1. The summed E-state index contributed by atoms with van der Waals surface area (Å²) in [5.41, 5.74) is 1.35. The van der Waals surface area contributed by atoms with E-state index in [-0.39, 0.29) is 5.78 Å². The maximum absolute atomic E-state index is 12.7. The van der Waals surface area contributed by atoms with Crippen molar-refractivity contribution in [2.24, 2.45) is 0 Å². The van der Waals surface area contributed by atoms with Gasteiger partial charge in [-0.25, -0.2) is 4.98 Å². The van der Waals surface area contributed by atoms with Crippen LogP contribution in [0.25, 0.3) is 27.1 Å². The van der Waals surface area contributed by atoms with E-state index < -0.39 is 0 Å². The normalized spacial score (nSPS) is 11.2. The summed E-state index contributed by atoms with van der Waals surface area (Å²) in [5.74, 6) is 2.29. The number of hydrogen-bond acceptors (Lipinski definition) is 7. The summed E-state index contributed by atoms with van der Waals surface area (Å²) in [6.45, 7) is 0. The van der Waals surface area contributed by atoms with Gasteiger partial charge in [0, 0.05) is 5.56 Å². The van der Waals surface area contributed by atoms with Crippen molar-refractivity contribution < 1.29 is 23.4 Å². The molecule has 0 saturated heterocycles. The second-order valence-corrected chi connectivity index (χ2v) is 7.33. The third-order valence-corrected chi connectivity index (χ3v) is 5.53. The van der Waals surface area contributed by atoms with Crippen LogP contribution in [0.1, 0.15) is 16.1 Å². The summed E-state index contributed by atoms with van der Waals surface area (Å²) in [5, 5.41) is 0.798. The molecule has 0 aliphatic heterocycles. The van der Waals surface area contributed by atoms with Gasteiger partial charge >= 0.3 is 0 Å². The third kappa shape index (κ3) is 3.79. The number of para-hydroxylation sites is 1. The van der Waals surface area contributed by atoms with Crippen LogP contribution in [0.3, 0.4) is 0 Å². The van der Waals surface area contributed by atoms with Crippen molar-refractivity contribution in [1.82, 2.24) is 4.98 Å². The minimum Gasteiger partial charge on any atom is -0.493 e. The molecule has 2 heterocycles. The Hall–Kier alpha value is -3.58. The molecule has 6 nitrogen and oxygen atoms in total. The topological polar surface area (TPSA) is 70.8 Å². The number of ether oxygens (including phenoxy) is 3. The van der Waals surface area contributed by atoms with Gasteiger partial charge in [-0.2, -0.15) is 0 Å². The molecule has 4 rings (SSSR count). The number of ketones is 1. The summed E-state index contributed by atoms with van der Waals surface area (Å²) >= 11 is 1.56. The Morgan fingerprint density at radius 2 is 1.73 bits per heavy atom. The molecular weight excluding hydrogens is 402 g/mol. The number of rotatable bonds is 7. The molecule has 0 fully saturated rings. The largest absolute Gasteiger partial charge is 0.493 e. The van der Waals surface area contributed by atoms with Crippen molar-refractivity contribution in [3.05, 3.63) is 65.9 Å². The number of carbonyl (C=O) groups is 1. The third-order valence-electron chi connectivity index (χ3n) is 4.48. The predicted molar refractivity (Wildman–Crippen MR) is 117 cm³/mol. The summed E-state index contributed by atoms with van der Waals surface area (Å²) in [6.07, 6.45) is 3.07. The second kappa shape index (κ2) is 8.42. The Labute approximate surface area is 177 Å². The van der Waals surface area contributed by atoms with Gasteiger partial charge in [-0.1, -0.05) is 12.1 Å². The molecule has 0 saturated carbocycles. The average molecular weight is 421 g/mol. The average Bonchev–Trinajstić information content (AvgIpc) is 3.43. The lowest BCUT2D eigenvalue weighted by Crippen LogP contribution is -2.00. The SMILES string of the molecule is COc1cc(C(=O)/C=C/c2ccc(-c3nc4ccccc4s3)o2)cc(OC)c1OC. The summed E-state index contributed by atoms with van der Waals surface area (Å²) in [6, 6.07) is 14.8. The highest BCUT2D eigenvalue weighted by molar-refractivity contribution is 7.21. The zero-order valence-corrected chi connectivity index (χ0v) is 17.5. The number of aromatic nitrogens is 1. The van der Waals surface area contributed by atoms with Crippen LogP contribution in [0, 0.1) is 0 Å². The smallest absolute Gasteiger partial charge is 0.203 e. The van der Waals surface area contributed by atoms with Crippen molar-refractivity contribution in [2.75, 3.05) is 21.3 Å². The van der Waals surface area contributed by atoms with Crippen molar-refractivity contribution in [2.45, 2.75) is 0 Å². The molecule has 7 heteroatoms. The van der Waals surface area contributed by atoms with Crippen molar-refractivity contribution >= 4 is 33.4 Å². The van der Waals surface area contributed by atoms with Crippen molar-refractivity contribution in [3.8, 4) is 28.0 Å². The first-order chi connectivity index (χ1) is 14.6. The molecular formula is C23H19NO5S. The monoisotopic (exact) mass is 421 g/mol. The highest BCUT2D eigenvalue weighted by Crippen LogP contribution is 2.38. The van der Waals surface area contributed by atoms with Crippen LogP contribution in [0.15, 0.2) is 59.0 Å². The van der Waals surface area contributed by atoms with Gasteiger partial charge in [0.05, 0.1) is 31.5 Å². The number of hydrogen-bond donors (Lipinski definition) is 0. The number of methoxy groups -OCH3 is 3. The Balaban J connectivity index is 1.56. The molecule has 0 aliphatic rings. The maximum atomic E-state index is 12.7. The molecule has 2 aromatic heterocycles. The van der Waals surface area contributed by atoms with Crippen molar-refractivity contribution in [1.29, 1.82) is 0 Å². The van der Waals surface area contributed by atoms with E-state index in [1.807, 2.05) is 30.3 Å². The molecule has 2 aromatic carbocycles. The number of allylic oxidation sites excluding steroid dienone is 1. The van der Waals surface area contributed by atoms with E-state index in [0.29, 0.717) is 34.3 Å². The Kier molecular flexibility index (Phi) is 5.54. The van der Waals surface area contributed by atoms with E-state index in [4.69, 9.17) is 18.6 Å². The number of nitrogens with zero attached hydrogens (tertiary/aromatic N) is 1. The first-order valence-electron chi connectivity index (χ1n) is 9.11. The van der Waals surface area contributed by atoms with Crippen LogP contribution in [0.5, 0.6) is 17.2 Å². The molecule has 4 aromatic rings. The number of benzene rings is 2. The Bertz CT molecular complexity index is 1180.